The zero-order valence-corrected chi connectivity index (χ0v) is 12.7. The first-order valence-electron chi connectivity index (χ1n) is 5.57. The van der Waals surface area contributed by atoms with Crippen LogP contribution in [0.1, 0.15) is 34.1 Å². The van der Waals surface area contributed by atoms with Crippen molar-refractivity contribution in [1.29, 1.82) is 0 Å². The Kier molecular flexibility index (Phi) is 9.51. The molecule has 0 heterocycles. The van der Waals surface area contributed by atoms with Crippen molar-refractivity contribution in [2.75, 3.05) is 23.4 Å². The van der Waals surface area contributed by atoms with Gasteiger partial charge in [-0.15, -0.1) is 0 Å². The van der Waals surface area contributed by atoms with Gasteiger partial charge >= 0.3 is 0 Å². The minimum Gasteiger partial charge on any atom is -0.318 e. The van der Waals surface area contributed by atoms with Crippen LogP contribution < -0.4 is 0 Å². The van der Waals surface area contributed by atoms with Gasteiger partial charge in [-0.05, 0) is 19.1 Å². The summed E-state index contributed by atoms with van der Waals surface area (Å²) in [6.45, 7) is 5.73. The molecular formula is C10H23O2PS2. The maximum atomic E-state index is 12.2. The molecule has 0 bridgehead atoms. The molecule has 5 heteroatoms. The molecule has 0 aromatic heterocycles. The highest BCUT2D eigenvalue weighted by atomic mass is 32.7. The van der Waals surface area contributed by atoms with Crippen LogP contribution in [0.3, 0.4) is 0 Å². The van der Waals surface area contributed by atoms with Gasteiger partial charge in [-0.25, -0.2) is 0 Å². The Morgan fingerprint density at radius 2 is 1.93 bits per heavy atom. The maximum absolute atomic E-state index is 12.2. The van der Waals surface area contributed by atoms with Crippen LogP contribution in [-0.2, 0) is 9.09 Å². The van der Waals surface area contributed by atoms with Gasteiger partial charge in [-0.3, -0.25) is 4.57 Å². The fraction of sp³-hybridized carbons (Fsp3) is 1.00. The van der Waals surface area contributed by atoms with Gasteiger partial charge in [0.25, 0.3) is 6.57 Å². The van der Waals surface area contributed by atoms with E-state index in [0.717, 1.165) is 23.7 Å². The third-order valence-corrected chi connectivity index (χ3v) is 8.18. The van der Waals surface area contributed by atoms with Gasteiger partial charge in [0.15, 0.2) is 0 Å². The van der Waals surface area contributed by atoms with E-state index in [4.69, 9.17) is 4.52 Å². The largest absolute Gasteiger partial charge is 0.318 e. The van der Waals surface area contributed by atoms with Crippen LogP contribution in [0.5, 0.6) is 0 Å². The molecular weight excluding hydrogens is 247 g/mol. The SMILES string of the molecule is CCSCCSP(=O)(CC)O[C@H](C)CC. The topological polar surface area (TPSA) is 26.3 Å². The summed E-state index contributed by atoms with van der Waals surface area (Å²) in [5.74, 6) is 3.12. The van der Waals surface area contributed by atoms with Crippen molar-refractivity contribution >= 4 is 29.7 Å². The zero-order chi connectivity index (χ0) is 11.7. The molecule has 1 unspecified atom stereocenters. The Bertz CT molecular complexity index is 200. The Balaban J connectivity index is 3.91. The lowest BCUT2D eigenvalue weighted by atomic mass is 10.3. The number of thioether (sulfide) groups is 1. The summed E-state index contributed by atoms with van der Waals surface area (Å²) in [5.41, 5.74) is 0. The summed E-state index contributed by atoms with van der Waals surface area (Å²) in [6, 6.07) is 0. The third kappa shape index (κ3) is 7.73. The minimum atomic E-state index is -2.41. The second kappa shape index (κ2) is 8.98. The van der Waals surface area contributed by atoms with Crippen LogP contribution in [0.4, 0.5) is 0 Å². The molecule has 0 aromatic rings. The third-order valence-electron chi connectivity index (χ3n) is 2.02. The van der Waals surface area contributed by atoms with Gasteiger partial charge in [0.2, 0.25) is 0 Å². The van der Waals surface area contributed by atoms with E-state index in [1.165, 1.54) is 11.4 Å². The highest BCUT2D eigenvalue weighted by molar-refractivity contribution is 8.56. The fourth-order valence-corrected chi connectivity index (χ4v) is 6.03. The standard InChI is InChI=1S/C10H23O2PS2/c1-5-10(4)12-13(11,6-2)15-9-8-14-7-3/h10H,5-9H2,1-4H3/t10-,13?/m1/s1. The molecule has 0 aromatic carbocycles. The summed E-state index contributed by atoms with van der Waals surface area (Å²) in [4.78, 5) is 0. The Morgan fingerprint density at radius 1 is 1.27 bits per heavy atom. The van der Waals surface area contributed by atoms with E-state index in [0.29, 0.717) is 6.16 Å². The molecule has 0 fully saturated rings. The fourth-order valence-electron chi connectivity index (χ4n) is 0.925. The monoisotopic (exact) mass is 270 g/mol. The molecule has 15 heavy (non-hydrogen) atoms. The molecule has 2 atom stereocenters. The van der Waals surface area contributed by atoms with Gasteiger partial charge in [-0.1, -0.05) is 32.2 Å². The van der Waals surface area contributed by atoms with Crippen molar-refractivity contribution in [3.63, 3.8) is 0 Å². The molecule has 0 N–H and O–H groups in total. The first-order chi connectivity index (χ1) is 7.08. The molecule has 0 rings (SSSR count). The van der Waals surface area contributed by atoms with Crippen LogP contribution in [0, 0.1) is 0 Å². The van der Waals surface area contributed by atoms with Crippen LogP contribution in [0.15, 0.2) is 0 Å². The van der Waals surface area contributed by atoms with Crippen molar-refractivity contribution in [1.82, 2.24) is 0 Å². The molecule has 92 valence electrons. The number of hydrogen-bond donors (Lipinski definition) is 0. The summed E-state index contributed by atoms with van der Waals surface area (Å²) in [7, 11) is 0. The predicted molar refractivity (Wildman–Crippen MR) is 74.4 cm³/mol. The minimum absolute atomic E-state index is 0.113. The van der Waals surface area contributed by atoms with Crippen LogP contribution in [0.25, 0.3) is 0 Å². The molecule has 0 saturated carbocycles. The van der Waals surface area contributed by atoms with Crippen LogP contribution >= 0.6 is 29.7 Å². The Hall–Kier alpha value is 0.890. The average molecular weight is 270 g/mol. The number of rotatable bonds is 9. The molecule has 0 aliphatic carbocycles. The normalized spacial score (nSPS) is 17.3. The molecule has 0 saturated heterocycles. The van der Waals surface area contributed by atoms with Crippen molar-refractivity contribution in [2.24, 2.45) is 0 Å². The van der Waals surface area contributed by atoms with Gasteiger partial charge < -0.3 is 4.52 Å². The first-order valence-corrected chi connectivity index (χ1v) is 10.1. The predicted octanol–water partition coefficient (Wildman–Crippen LogP) is 4.50. The quantitative estimate of drug-likeness (QED) is 0.455. The molecule has 0 amide bonds. The second-order valence-corrected chi connectivity index (χ2v) is 9.85. The summed E-state index contributed by atoms with van der Waals surface area (Å²) < 4.78 is 17.9. The van der Waals surface area contributed by atoms with Gasteiger partial charge in [0.05, 0.1) is 6.10 Å². The van der Waals surface area contributed by atoms with E-state index in [9.17, 15) is 4.57 Å². The van der Waals surface area contributed by atoms with Crippen molar-refractivity contribution < 1.29 is 9.09 Å². The smallest absolute Gasteiger partial charge is 0.257 e. The van der Waals surface area contributed by atoms with E-state index < -0.39 is 6.57 Å². The average Bonchev–Trinajstić information content (AvgIpc) is 2.24. The summed E-state index contributed by atoms with van der Waals surface area (Å²) >= 11 is 3.41. The van der Waals surface area contributed by atoms with Crippen LogP contribution in [0.2, 0.25) is 0 Å². The van der Waals surface area contributed by atoms with Gasteiger partial charge in [0.1, 0.15) is 0 Å². The molecule has 0 aliphatic heterocycles. The highest BCUT2D eigenvalue weighted by Gasteiger charge is 2.23. The van der Waals surface area contributed by atoms with E-state index in [2.05, 4.69) is 13.8 Å². The molecule has 2 nitrogen and oxygen atoms in total. The van der Waals surface area contributed by atoms with Gasteiger partial charge in [-0.2, -0.15) is 11.8 Å². The summed E-state index contributed by atoms with van der Waals surface area (Å²) in [6.07, 6.45) is 1.68. The van der Waals surface area contributed by atoms with E-state index >= 15 is 0 Å². The lowest BCUT2D eigenvalue weighted by Crippen LogP contribution is -2.04. The van der Waals surface area contributed by atoms with Gasteiger partial charge in [0, 0.05) is 17.7 Å². The highest BCUT2D eigenvalue weighted by Crippen LogP contribution is 2.60. The molecule has 0 aliphatic rings. The Morgan fingerprint density at radius 3 is 2.40 bits per heavy atom. The zero-order valence-electron chi connectivity index (χ0n) is 10.2. The van der Waals surface area contributed by atoms with Crippen LogP contribution in [-0.4, -0.2) is 29.5 Å². The lowest BCUT2D eigenvalue weighted by Gasteiger charge is -2.20. The maximum Gasteiger partial charge on any atom is 0.257 e. The second-order valence-electron chi connectivity index (χ2n) is 3.28. The van der Waals surface area contributed by atoms with Crippen molar-refractivity contribution in [3.05, 3.63) is 0 Å². The van der Waals surface area contributed by atoms with E-state index in [-0.39, 0.29) is 6.10 Å². The number of hydrogen-bond acceptors (Lipinski definition) is 4. The van der Waals surface area contributed by atoms with Crippen molar-refractivity contribution in [3.8, 4) is 0 Å². The molecule has 0 spiro atoms. The first kappa shape index (κ1) is 15.9. The lowest BCUT2D eigenvalue weighted by molar-refractivity contribution is 0.228. The van der Waals surface area contributed by atoms with E-state index in [1.807, 2.05) is 25.6 Å². The summed E-state index contributed by atoms with van der Waals surface area (Å²) in [5, 5.41) is 0. The van der Waals surface area contributed by atoms with Crippen molar-refractivity contribution in [2.45, 2.75) is 40.2 Å². The molecule has 0 radical (unpaired) electrons. The van der Waals surface area contributed by atoms with E-state index in [1.54, 1.807) is 0 Å². The Labute approximate surface area is 103 Å².